The van der Waals surface area contributed by atoms with E-state index in [1.54, 1.807) is 12.1 Å². The fraction of sp³-hybridized carbons (Fsp3) is 0.571. The van der Waals surface area contributed by atoms with Gasteiger partial charge in [0.1, 0.15) is 0 Å². The first kappa shape index (κ1) is 21.7. The molecule has 2 heterocycles. The molecule has 0 radical (unpaired) electrons. The van der Waals surface area contributed by atoms with Gasteiger partial charge in [-0.15, -0.1) is 0 Å². The van der Waals surface area contributed by atoms with Gasteiger partial charge in [-0.25, -0.2) is 8.78 Å². The number of ether oxygens (including phenoxy) is 2. The average molecular weight is 441 g/mol. The van der Waals surface area contributed by atoms with Crippen LogP contribution in [0.4, 0.5) is 8.78 Å². The van der Waals surface area contributed by atoms with Gasteiger partial charge in [-0.05, 0) is 85.8 Å². The monoisotopic (exact) mass is 440 g/mol. The molecule has 0 unspecified atom stereocenters. The molecule has 1 spiro atoms. The lowest BCUT2D eigenvalue weighted by molar-refractivity contribution is -0.228. The van der Waals surface area contributed by atoms with E-state index in [9.17, 15) is 0 Å². The van der Waals surface area contributed by atoms with Crippen LogP contribution in [0.25, 0.3) is 0 Å². The van der Waals surface area contributed by atoms with Crippen LogP contribution in [0, 0.1) is 23.5 Å². The highest BCUT2D eigenvalue weighted by molar-refractivity contribution is 5.45. The molecule has 2 atom stereocenters. The van der Waals surface area contributed by atoms with Crippen molar-refractivity contribution in [2.24, 2.45) is 11.8 Å². The van der Waals surface area contributed by atoms with Crippen LogP contribution in [0.1, 0.15) is 81.0 Å². The Bertz CT molecular complexity index is 920. The second-order valence-electron chi connectivity index (χ2n) is 10.00. The van der Waals surface area contributed by atoms with Crippen LogP contribution in [0.15, 0.2) is 24.3 Å². The van der Waals surface area contributed by atoms with Crippen molar-refractivity contribution < 1.29 is 18.3 Å². The molecule has 3 aliphatic rings. The molecule has 0 saturated heterocycles. The quantitative estimate of drug-likeness (QED) is 0.468. The largest absolute Gasteiger partial charge is 0.448 e. The summed E-state index contributed by atoms with van der Waals surface area (Å²) in [5.74, 6) is -0.723. The van der Waals surface area contributed by atoms with Crippen LogP contribution in [0.5, 0.6) is 11.5 Å². The van der Waals surface area contributed by atoms with Gasteiger partial charge < -0.3 is 9.47 Å². The van der Waals surface area contributed by atoms with Crippen molar-refractivity contribution in [2.45, 2.75) is 90.3 Å². The highest BCUT2D eigenvalue weighted by Gasteiger charge is 2.57. The molecule has 2 aromatic rings. The molecule has 0 N–H and O–H groups in total. The SMILES string of the molecule is CCCCc1cc(F)c2c(c1)C[C@H]1CCC[C@@H]3Cc4cc(CCCC)cc(F)c4OC13O2. The number of benzene rings is 2. The van der Waals surface area contributed by atoms with Crippen molar-refractivity contribution in [2.75, 3.05) is 0 Å². The van der Waals surface area contributed by atoms with Gasteiger partial charge in [-0.1, -0.05) is 45.2 Å². The second kappa shape index (κ2) is 8.68. The molecule has 2 aromatic carbocycles. The van der Waals surface area contributed by atoms with E-state index >= 15 is 8.78 Å². The lowest BCUT2D eigenvalue weighted by atomic mass is 9.68. The fourth-order valence-electron chi connectivity index (χ4n) is 6.05. The van der Waals surface area contributed by atoms with E-state index in [4.69, 9.17) is 9.47 Å². The Balaban J connectivity index is 1.50. The van der Waals surface area contributed by atoms with Crippen molar-refractivity contribution in [3.05, 3.63) is 58.2 Å². The van der Waals surface area contributed by atoms with E-state index in [1.807, 2.05) is 0 Å². The molecule has 1 aliphatic carbocycles. The molecule has 0 bridgehead atoms. The van der Waals surface area contributed by atoms with Crippen LogP contribution < -0.4 is 9.47 Å². The Hall–Kier alpha value is -2.10. The third kappa shape index (κ3) is 3.70. The number of hydrogen-bond acceptors (Lipinski definition) is 2. The molecular weight excluding hydrogens is 406 g/mol. The van der Waals surface area contributed by atoms with Crippen molar-refractivity contribution in [3.63, 3.8) is 0 Å². The zero-order valence-electron chi connectivity index (χ0n) is 19.3. The molecule has 0 aromatic heterocycles. The Labute approximate surface area is 190 Å². The minimum absolute atomic E-state index is 0.113. The Morgan fingerprint density at radius 1 is 0.781 bits per heavy atom. The van der Waals surface area contributed by atoms with Gasteiger partial charge in [0.05, 0.1) is 0 Å². The molecule has 32 heavy (non-hydrogen) atoms. The highest BCUT2D eigenvalue weighted by atomic mass is 19.1. The smallest absolute Gasteiger partial charge is 0.257 e. The molecule has 1 saturated carbocycles. The number of fused-ring (bicyclic) bond motifs is 2. The van der Waals surface area contributed by atoms with E-state index in [1.165, 1.54) is 0 Å². The van der Waals surface area contributed by atoms with Gasteiger partial charge in [0.2, 0.25) is 0 Å². The number of unbranched alkanes of at least 4 members (excludes halogenated alkanes) is 2. The molecule has 5 rings (SSSR count). The summed E-state index contributed by atoms with van der Waals surface area (Å²) in [7, 11) is 0. The Morgan fingerprint density at radius 2 is 1.25 bits per heavy atom. The zero-order chi connectivity index (χ0) is 22.3. The summed E-state index contributed by atoms with van der Waals surface area (Å²) >= 11 is 0. The lowest BCUT2D eigenvalue weighted by Gasteiger charge is -2.53. The Morgan fingerprint density at radius 3 is 1.69 bits per heavy atom. The maximum atomic E-state index is 15.2. The minimum Gasteiger partial charge on any atom is -0.448 e. The number of hydrogen-bond donors (Lipinski definition) is 0. The number of aryl methyl sites for hydroxylation is 2. The first-order valence-corrected chi connectivity index (χ1v) is 12.5. The first-order valence-electron chi connectivity index (χ1n) is 12.5. The van der Waals surface area contributed by atoms with Crippen molar-refractivity contribution in [1.82, 2.24) is 0 Å². The van der Waals surface area contributed by atoms with Crippen molar-refractivity contribution >= 4 is 0 Å². The van der Waals surface area contributed by atoms with Gasteiger partial charge in [0, 0.05) is 11.8 Å². The molecule has 1 fully saturated rings. The highest BCUT2D eigenvalue weighted by Crippen LogP contribution is 2.54. The zero-order valence-corrected chi connectivity index (χ0v) is 19.3. The van der Waals surface area contributed by atoms with Gasteiger partial charge >= 0.3 is 0 Å². The number of rotatable bonds is 6. The molecule has 4 heteroatoms. The standard InChI is InChI=1S/C28H34F2O2/c1-3-5-8-18-12-20-16-22-10-7-11-23-17-21-13-19(9-6-4-2)15-25(30)27(21)32-28(22,23)31-26(20)24(29)14-18/h12-15,22-23H,3-11,16-17H2,1-2H3/t22-,23-,28?/m1/s1. The van der Waals surface area contributed by atoms with Crippen molar-refractivity contribution in [3.8, 4) is 11.5 Å². The van der Waals surface area contributed by atoms with Crippen molar-refractivity contribution in [1.29, 1.82) is 0 Å². The predicted molar refractivity (Wildman–Crippen MR) is 122 cm³/mol. The van der Waals surface area contributed by atoms with E-state index in [0.29, 0.717) is 11.5 Å². The summed E-state index contributed by atoms with van der Waals surface area (Å²) in [5.41, 5.74) is 3.96. The van der Waals surface area contributed by atoms with Crippen LogP contribution in [0.3, 0.4) is 0 Å². The summed E-state index contributed by atoms with van der Waals surface area (Å²) in [4.78, 5) is 0. The average Bonchev–Trinajstić information content (AvgIpc) is 2.78. The maximum Gasteiger partial charge on any atom is 0.257 e. The summed E-state index contributed by atoms with van der Waals surface area (Å²) in [6.07, 6.45) is 10.5. The van der Waals surface area contributed by atoms with E-state index in [2.05, 4.69) is 26.0 Å². The Kier molecular flexibility index (Phi) is 5.90. The third-order valence-electron chi connectivity index (χ3n) is 7.70. The summed E-state index contributed by atoms with van der Waals surface area (Å²) in [5, 5.41) is 0. The summed E-state index contributed by atoms with van der Waals surface area (Å²) in [6.45, 7) is 4.29. The van der Waals surface area contributed by atoms with Gasteiger partial charge in [-0.3, -0.25) is 0 Å². The summed E-state index contributed by atoms with van der Waals surface area (Å²) in [6, 6.07) is 7.45. The van der Waals surface area contributed by atoms with Crippen LogP contribution in [-0.4, -0.2) is 5.79 Å². The topological polar surface area (TPSA) is 18.5 Å². The minimum atomic E-state index is -0.962. The molecular formula is C28H34F2O2. The second-order valence-corrected chi connectivity index (χ2v) is 10.00. The normalized spacial score (nSPS) is 25.6. The van der Waals surface area contributed by atoms with Gasteiger partial charge in [0.25, 0.3) is 5.79 Å². The third-order valence-corrected chi connectivity index (χ3v) is 7.70. The number of halogens is 2. The summed E-state index contributed by atoms with van der Waals surface area (Å²) < 4.78 is 43.3. The predicted octanol–water partition coefficient (Wildman–Crippen LogP) is 7.33. The van der Waals surface area contributed by atoms with Crippen LogP contribution in [0.2, 0.25) is 0 Å². The molecule has 0 amide bonds. The van der Waals surface area contributed by atoms with Crippen LogP contribution in [-0.2, 0) is 25.7 Å². The molecule has 2 nitrogen and oxygen atoms in total. The molecule has 2 aliphatic heterocycles. The van der Waals surface area contributed by atoms with Gasteiger partial charge in [-0.2, -0.15) is 0 Å². The van der Waals surface area contributed by atoms with E-state index in [-0.39, 0.29) is 23.5 Å². The lowest BCUT2D eigenvalue weighted by Crippen LogP contribution is -2.61. The van der Waals surface area contributed by atoms with E-state index < -0.39 is 5.79 Å². The first-order chi connectivity index (χ1) is 15.5. The van der Waals surface area contributed by atoms with E-state index in [0.717, 1.165) is 92.9 Å². The van der Waals surface area contributed by atoms with Gasteiger partial charge in [0.15, 0.2) is 23.1 Å². The molecule has 172 valence electrons. The maximum absolute atomic E-state index is 15.2. The van der Waals surface area contributed by atoms with Crippen LogP contribution >= 0.6 is 0 Å². The fourth-order valence-corrected chi connectivity index (χ4v) is 6.05.